The molecule has 2 aromatic carbocycles. The summed E-state index contributed by atoms with van der Waals surface area (Å²) in [6, 6.07) is 10.1. The number of thiazole rings is 1. The van der Waals surface area contributed by atoms with Gasteiger partial charge in [0.15, 0.2) is 10.9 Å². The van der Waals surface area contributed by atoms with E-state index < -0.39 is 21.8 Å². The predicted molar refractivity (Wildman–Crippen MR) is 103 cm³/mol. The van der Waals surface area contributed by atoms with E-state index in [0.29, 0.717) is 11.1 Å². The summed E-state index contributed by atoms with van der Waals surface area (Å²) in [5.41, 5.74) is 0.194. The van der Waals surface area contributed by atoms with Crippen LogP contribution in [-0.4, -0.2) is 19.2 Å². The third kappa shape index (κ3) is 5.42. The van der Waals surface area contributed by atoms with Crippen molar-refractivity contribution in [3.63, 3.8) is 0 Å². The third-order valence-corrected chi connectivity index (χ3v) is 6.24. The van der Waals surface area contributed by atoms with E-state index in [1.165, 1.54) is 42.6 Å². The molecule has 3 aromatic rings. The van der Waals surface area contributed by atoms with Gasteiger partial charge >= 0.3 is 6.18 Å². The summed E-state index contributed by atoms with van der Waals surface area (Å²) in [5.74, 6) is -0.235. The lowest BCUT2D eigenvalue weighted by atomic mass is 10.0. The normalized spacial score (nSPS) is 12.0. The van der Waals surface area contributed by atoms with E-state index in [1.807, 2.05) is 0 Å². The SMILES string of the molecule is O=C(CCc1ccc(C(F)(F)F)cc1)c1ccc(S(=O)(=O)Nc2nccs2)cc1. The second kappa shape index (κ2) is 8.34. The number of ketones is 1. The molecule has 0 spiro atoms. The fourth-order valence-corrected chi connectivity index (χ4v) is 4.32. The summed E-state index contributed by atoms with van der Waals surface area (Å²) in [6.45, 7) is 0. The molecule has 0 unspecified atom stereocenters. The van der Waals surface area contributed by atoms with Gasteiger partial charge in [0.05, 0.1) is 10.5 Å². The lowest BCUT2D eigenvalue weighted by Crippen LogP contribution is -2.13. The average Bonchev–Trinajstić information content (AvgIpc) is 3.18. The smallest absolute Gasteiger partial charge is 0.294 e. The molecular formula is C19H15F3N2O3S2. The van der Waals surface area contributed by atoms with Crippen LogP contribution in [0.5, 0.6) is 0 Å². The number of hydrogen-bond donors (Lipinski definition) is 1. The minimum absolute atomic E-state index is 0.00742. The van der Waals surface area contributed by atoms with E-state index in [2.05, 4.69) is 9.71 Å². The average molecular weight is 440 g/mol. The van der Waals surface area contributed by atoms with Gasteiger partial charge in [-0.05, 0) is 36.2 Å². The van der Waals surface area contributed by atoms with Crippen LogP contribution in [0.2, 0.25) is 0 Å². The van der Waals surface area contributed by atoms with Crippen molar-refractivity contribution in [2.75, 3.05) is 4.72 Å². The molecule has 0 fully saturated rings. The molecule has 0 radical (unpaired) electrons. The summed E-state index contributed by atoms with van der Waals surface area (Å²) in [7, 11) is -3.80. The first-order chi connectivity index (χ1) is 13.6. The van der Waals surface area contributed by atoms with Crippen molar-refractivity contribution in [1.29, 1.82) is 0 Å². The molecular weight excluding hydrogens is 425 g/mol. The molecule has 0 aliphatic rings. The van der Waals surface area contributed by atoms with E-state index in [9.17, 15) is 26.4 Å². The molecule has 0 aliphatic carbocycles. The number of rotatable bonds is 7. The Labute approximate surface area is 169 Å². The van der Waals surface area contributed by atoms with Gasteiger partial charge in [-0.25, -0.2) is 13.4 Å². The Bertz CT molecular complexity index is 1080. The number of aryl methyl sites for hydroxylation is 1. The lowest BCUT2D eigenvalue weighted by molar-refractivity contribution is -0.137. The van der Waals surface area contributed by atoms with E-state index in [-0.39, 0.29) is 28.7 Å². The number of sulfonamides is 1. The van der Waals surface area contributed by atoms with Crippen molar-refractivity contribution in [2.45, 2.75) is 23.9 Å². The van der Waals surface area contributed by atoms with Crippen molar-refractivity contribution in [3.05, 3.63) is 76.8 Å². The molecule has 0 bridgehead atoms. The fourth-order valence-electron chi connectivity index (χ4n) is 2.53. The van der Waals surface area contributed by atoms with Gasteiger partial charge in [-0.2, -0.15) is 13.2 Å². The van der Waals surface area contributed by atoms with Crippen LogP contribution >= 0.6 is 11.3 Å². The number of anilines is 1. The topological polar surface area (TPSA) is 76.1 Å². The fraction of sp³-hybridized carbons (Fsp3) is 0.158. The van der Waals surface area contributed by atoms with Crippen LogP contribution in [0.1, 0.15) is 27.9 Å². The largest absolute Gasteiger partial charge is 0.416 e. The zero-order chi connectivity index (χ0) is 21.1. The van der Waals surface area contributed by atoms with E-state index in [1.54, 1.807) is 5.38 Å². The number of nitrogens with one attached hydrogen (secondary N) is 1. The number of carbonyl (C=O) groups is 1. The van der Waals surface area contributed by atoms with Crippen molar-refractivity contribution in [1.82, 2.24) is 4.98 Å². The Morgan fingerprint density at radius 1 is 1.03 bits per heavy atom. The number of benzene rings is 2. The van der Waals surface area contributed by atoms with Crippen LogP contribution in [0.4, 0.5) is 18.3 Å². The summed E-state index contributed by atoms with van der Waals surface area (Å²) < 4.78 is 64.6. The Morgan fingerprint density at radius 3 is 2.24 bits per heavy atom. The number of alkyl halides is 3. The molecule has 1 N–H and O–H groups in total. The van der Waals surface area contributed by atoms with Gasteiger partial charge in [0, 0.05) is 23.6 Å². The predicted octanol–water partition coefficient (Wildman–Crippen LogP) is 4.78. The first-order valence-corrected chi connectivity index (χ1v) is 10.7. The summed E-state index contributed by atoms with van der Waals surface area (Å²) in [5, 5.41) is 1.87. The maximum atomic E-state index is 12.6. The molecule has 1 heterocycles. The van der Waals surface area contributed by atoms with Gasteiger partial charge in [-0.1, -0.05) is 24.3 Å². The highest BCUT2D eigenvalue weighted by Gasteiger charge is 2.29. The Morgan fingerprint density at radius 2 is 1.69 bits per heavy atom. The molecule has 0 saturated carbocycles. The first kappa shape index (κ1) is 21.0. The van der Waals surface area contributed by atoms with Crippen molar-refractivity contribution >= 4 is 32.3 Å². The molecule has 29 heavy (non-hydrogen) atoms. The summed E-state index contributed by atoms with van der Waals surface area (Å²) >= 11 is 1.14. The lowest BCUT2D eigenvalue weighted by Gasteiger charge is -2.08. The van der Waals surface area contributed by atoms with Crippen LogP contribution < -0.4 is 4.72 Å². The molecule has 0 aliphatic heterocycles. The zero-order valence-corrected chi connectivity index (χ0v) is 16.4. The number of halogens is 3. The van der Waals surface area contributed by atoms with E-state index in [0.717, 1.165) is 23.5 Å². The minimum Gasteiger partial charge on any atom is -0.294 e. The first-order valence-electron chi connectivity index (χ1n) is 8.37. The molecule has 0 saturated heterocycles. The second-order valence-corrected chi connectivity index (χ2v) is 8.66. The molecule has 1 aromatic heterocycles. The van der Waals surface area contributed by atoms with Crippen LogP contribution in [0.25, 0.3) is 0 Å². The summed E-state index contributed by atoms with van der Waals surface area (Å²) in [6.07, 6.45) is -2.55. The standard InChI is InChI=1S/C19H15F3N2O3S2/c20-19(21,22)15-6-1-13(2-7-15)3-10-17(25)14-4-8-16(9-5-14)29(26,27)24-18-23-11-12-28-18/h1-2,4-9,11-12H,3,10H2,(H,23,24). The van der Waals surface area contributed by atoms with Crippen LogP contribution in [0, 0.1) is 0 Å². The summed E-state index contributed by atoms with van der Waals surface area (Å²) in [4.78, 5) is 16.2. The maximum Gasteiger partial charge on any atom is 0.416 e. The highest BCUT2D eigenvalue weighted by Crippen LogP contribution is 2.29. The van der Waals surface area contributed by atoms with Crippen molar-refractivity contribution in [3.8, 4) is 0 Å². The van der Waals surface area contributed by atoms with Gasteiger partial charge in [0.25, 0.3) is 10.0 Å². The molecule has 0 amide bonds. The minimum atomic E-state index is -4.40. The maximum absolute atomic E-state index is 12.6. The van der Waals surface area contributed by atoms with Gasteiger partial charge in [-0.15, -0.1) is 11.3 Å². The number of aromatic nitrogens is 1. The van der Waals surface area contributed by atoms with Crippen LogP contribution in [0.3, 0.4) is 0 Å². The highest BCUT2D eigenvalue weighted by molar-refractivity contribution is 7.93. The van der Waals surface area contributed by atoms with Gasteiger partial charge in [0.2, 0.25) is 0 Å². The van der Waals surface area contributed by atoms with E-state index >= 15 is 0 Å². The van der Waals surface area contributed by atoms with Gasteiger partial charge in [0.1, 0.15) is 0 Å². The monoisotopic (exact) mass is 440 g/mol. The van der Waals surface area contributed by atoms with Gasteiger partial charge < -0.3 is 0 Å². The Balaban J connectivity index is 1.62. The Kier molecular flexibility index (Phi) is 6.04. The number of hydrogen-bond acceptors (Lipinski definition) is 5. The number of nitrogens with zero attached hydrogens (tertiary/aromatic N) is 1. The molecule has 3 rings (SSSR count). The number of Topliss-reactive ketones (excluding diaryl/α,β-unsaturated/α-hetero) is 1. The van der Waals surface area contributed by atoms with Gasteiger partial charge in [-0.3, -0.25) is 9.52 Å². The second-order valence-electron chi connectivity index (χ2n) is 6.08. The quantitative estimate of drug-likeness (QED) is 0.537. The molecule has 5 nitrogen and oxygen atoms in total. The van der Waals surface area contributed by atoms with Crippen molar-refractivity contribution < 1.29 is 26.4 Å². The highest BCUT2D eigenvalue weighted by atomic mass is 32.2. The zero-order valence-electron chi connectivity index (χ0n) is 14.8. The third-order valence-electron chi connectivity index (χ3n) is 4.06. The Hall–Kier alpha value is -2.72. The van der Waals surface area contributed by atoms with Crippen molar-refractivity contribution in [2.24, 2.45) is 0 Å². The molecule has 152 valence electrons. The van der Waals surface area contributed by atoms with Crippen LogP contribution in [-0.2, 0) is 22.6 Å². The molecule has 0 atom stereocenters. The number of carbonyl (C=O) groups excluding carboxylic acids is 1. The molecule has 10 heteroatoms. The van der Waals surface area contributed by atoms with Crippen LogP contribution in [0.15, 0.2) is 65.0 Å². The van der Waals surface area contributed by atoms with E-state index in [4.69, 9.17) is 0 Å².